The maximum absolute atomic E-state index is 11.7. The highest BCUT2D eigenvalue weighted by Gasteiger charge is 2.31. The lowest BCUT2D eigenvalue weighted by Gasteiger charge is -2.37. The van der Waals surface area contributed by atoms with Crippen molar-refractivity contribution in [2.75, 3.05) is 12.0 Å². The molecule has 0 saturated heterocycles. The molecular weight excluding hydrogens is 296 g/mol. The summed E-state index contributed by atoms with van der Waals surface area (Å²) in [7, 11) is 0. The third-order valence-corrected chi connectivity index (χ3v) is 4.59. The summed E-state index contributed by atoms with van der Waals surface area (Å²) in [5.74, 6) is 1.19. The number of benzene rings is 1. The Labute approximate surface area is 137 Å². The van der Waals surface area contributed by atoms with Crippen LogP contribution in [0.3, 0.4) is 0 Å². The summed E-state index contributed by atoms with van der Waals surface area (Å²) in [6, 6.07) is 11.0. The fourth-order valence-corrected chi connectivity index (χ4v) is 3.17. The van der Waals surface area contributed by atoms with E-state index >= 15 is 0 Å². The van der Waals surface area contributed by atoms with Crippen LogP contribution in [-0.2, 0) is 11.3 Å². The standard InChI is InChI=1S/C17H26N2O2S/c1-13(8-9-22-2)18-15-10-16(11-15)19-17(20)21-12-14-6-4-3-5-7-14/h3-7,13,15-16,18H,8-12H2,1-2H3,(H,19,20). The number of alkyl carbamates (subject to hydrolysis) is 1. The molecule has 1 aromatic carbocycles. The summed E-state index contributed by atoms with van der Waals surface area (Å²) in [6.45, 7) is 2.55. The molecule has 0 aromatic heterocycles. The van der Waals surface area contributed by atoms with Crippen molar-refractivity contribution in [2.45, 2.75) is 50.9 Å². The minimum Gasteiger partial charge on any atom is -0.445 e. The normalized spacial score (nSPS) is 21.7. The topological polar surface area (TPSA) is 50.4 Å². The van der Waals surface area contributed by atoms with E-state index in [2.05, 4.69) is 23.8 Å². The van der Waals surface area contributed by atoms with E-state index < -0.39 is 0 Å². The van der Waals surface area contributed by atoms with Crippen molar-refractivity contribution in [3.05, 3.63) is 35.9 Å². The summed E-state index contributed by atoms with van der Waals surface area (Å²) in [6.07, 6.45) is 4.99. The first-order valence-electron chi connectivity index (χ1n) is 7.89. The second-order valence-corrected chi connectivity index (χ2v) is 6.91. The molecule has 0 heterocycles. The lowest BCUT2D eigenvalue weighted by atomic mass is 9.86. The molecule has 1 aliphatic carbocycles. The highest BCUT2D eigenvalue weighted by molar-refractivity contribution is 7.98. The minimum absolute atomic E-state index is 0.244. The zero-order chi connectivity index (χ0) is 15.8. The quantitative estimate of drug-likeness (QED) is 0.772. The van der Waals surface area contributed by atoms with E-state index in [1.165, 1.54) is 12.2 Å². The number of hydrogen-bond donors (Lipinski definition) is 2. The smallest absolute Gasteiger partial charge is 0.407 e. The summed E-state index contributed by atoms with van der Waals surface area (Å²) < 4.78 is 5.23. The lowest BCUT2D eigenvalue weighted by Crippen LogP contribution is -2.54. The van der Waals surface area contributed by atoms with Crippen molar-refractivity contribution in [2.24, 2.45) is 0 Å². The molecule has 122 valence electrons. The van der Waals surface area contributed by atoms with Gasteiger partial charge in [-0.3, -0.25) is 0 Å². The molecular formula is C17H26N2O2S. The third kappa shape index (κ3) is 5.89. The molecule has 0 bridgehead atoms. The van der Waals surface area contributed by atoms with Crippen LogP contribution in [0.4, 0.5) is 4.79 Å². The molecule has 4 nitrogen and oxygen atoms in total. The summed E-state index contributed by atoms with van der Waals surface area (Å²) in [5.41, 5.74) is 1.01. The van der Waals surface area contributed by atoms with Crippen LogP contribution < -0.4 is 10.6 Å². The fourth-order valence-electron chi connectivity index (χ4n) is 2.58. The second kappa shape index (κ2) is 9.06. The van der Waals surface area contributed by atoms with E-state index in [1.54, 1.807) is 0 Å². The van der Waals surface area contributed by atoms with E-state index in [4.69, 9.17) is 4.74 Å². The number of ether oxygens (including phenoxy) is 1. The Balaban J connectivity index is 1.56. The SMILES string of the molecule is CSCCC(C)NC1CC(NC(=O)OCc2ccccc2)C1. The first-order chi connectivity index (χ1) is 10.7. The van der Waals surface area contributed by atoms with Gasteiger partial charge in [-0.25, -0.2) is 4.79 Å². The second-order valence-electron chi connectivity index (χ2n) is 5.92. The number of nitrogens with one attached hydrogen (secondary N) is 2. The molecule has 1 amide bonds. The van der Waals surface area contributed by atoms with Crippen LogP contribution in [0.2, 0.25) is 0 Å². The predicted molar refractivity (Wildman–Crippen MR) is 92.2 cm³/mol. The van der Waals surface area contributed by atoms with Gasteiger partial charge in [0.1, 0.15) is 6.61 Å². The van der Waals surface area contributed by atoms with Gasteiger partial charge in [-0.15, -0.1) is 0 Å². The van der Waals surface area contributed by atoms with Crippen LogP contribution in [0.25, 0.3) is 0 Å². The summed E-state index contributed by atoms with van der Waals surface area (Å²) in [5, 5.41) is 6.53. The van der Waals surface area contributed by atoms with Gasteiger partial charge >= 0.3 is 6.09 Å². The molecule has 1 atom stereocenters. The van der Waals surface area contributed by atoms with E-state index in [9.17, 15) is 4.79 Å². The van der Waals surface area contributed by atoms with Gasteiger partial charge in [0.05, 0.1) is 0 Å². The Morgan fingerprint density at radius 1 is 1.32 bits per heavy atom. The number of carbonyl (C=O) groups is 1. The van der Waals surface area contributed by atoms with Crippen LogP contribution in [-0.4, -0.2) is 36.2 Å². The van der Waals surface area contributed by atoms with Crippen molar-refractivity contribution in [3.8, 4) is 0 Å². The van der Waals surface area contributed by atoms with E-state index in [-0.39, 0.29) is 12.1 Å². The van der Waals surface area contributed by atoms with E-state index in [1.807, 2.05) is 42.1 Å². The molecule has 1 fully saturated rings. The minimum atomic E-state index is -0.317. The van der Waals surface area contributed by atoms with Crippen LogP contribution in [0.15, 0.2) is 30.3 Å². The average Bonchev–Trinajstić information content (AvgIpc) is 2.50. The van der Waals surface area contributed by atoms with Gasteiger partial charge in [0.15, 0.2) is 0 Å². The first-order valence-corrected chi connectivity index (χ1v) is 9.29. The Morgan fingerprint density at radius 2 is 2.05 bits per heavy atom. The molecule has 2 N–H and O–H groups in total. The number of hydrogen-bond acceptors (Lipinski definition) is 4. The van der Waals surface area contributed by atoms with Gasteiger partial charge in [-0.2, -0.15) is 11.8 Å². The van der Waals surface area contributed by atoms with Crippen molar-refractivity contribution >= 4 is 17.9 Å². The summed E-state index contributed by atoms with van der Waals surface area (Å²) in [4.78, 5) is 11.7. The maximum atomic E-state index is 11.7. The van der Waals surface area contributed by atoms with Gasteiger partial charge in [0.2, 0.25) is 0 Å². The van der Waals surface area contributed by atoms with Crippen molar-refractivity contribution in [1.82, 2.24) is 10.6 Å². The van der Waals surface area contributed by atoms with Crippen LogP contribution >= 0.6 is 11.8 Å². The monoisotopic (exact) mass is 322 g/mol. The van der Waals surface area contributed by atoms with Gasteiger partial charge in [-0.05, 0) is 43.8 Å². The Kier molecular flexibility index (Phi) is 7.06. The van der Waals surface area contributed by atoms with Crippen LogP contribution in [0.1, 0.15) is 31.7 Å². The van der Waals surface area contributed by atoms with Gasteiger partial charge in [-0.1, -0.05) is 30.3 Å². The Bertz CT molecular complexity index is 449. The molecule has 22 heavy (non-hydrogen) atoms. The summed E-state index contributed by atoms with van der Waals surface area (Å²) >= 11 is 1.88. The number of thioether (sulfide) groups is 1. The number of amides is 1. The fraction of sp³-hybridized carbons (Fsp3) is 0.588. The van der Waals surface area contributed by atoms with Crippen molar-refractivity contribution in [1.29, 1.82) is 0 Å². The van der Waals surface area contributed by atoms with Crippen LogP contribution in [0.5, 0.6) is 0 Å². The highest BCUT2D eigenvalue weighted by atomic mass is 32.2. The highest BCUT2D eigenvalue weighted by Crippen LogP contribution is 2.21. The number of carbonyl (C=O) groups excluding carboxylic acids is 1. The third-order valence-electron chi connectivity index (χ3n) is 3.95. The molecule has 0 spiro atoms. The van der Waals surface area contributed by atoms with E-state index in [0.29, 0.717) is 18.7 Å². The average molecular weight is 322 g/mol. The maximum Gasteiger partial charge on any atom is 0.407 e. The zero-order valence-electron chi connectivity index (χ0n) is 13.4. The first kappa shape index (κ1) is 17.2. The molecule has 1 saturated carbocycles. The van der Waals surface area contributed by atoms with Crippen LogP contribution in [0, 0.1) is 0 Å². The van der Waals surface area contributed by atoms with Gasteiger partial charge in [0, 0.05) is 18.1 Å². The Hall–Kier alpha value is -1.20. The molecule has 0 radical (unpaired) electrons. The predicted octanol–water partition coefficient (Wildman–Crippen LogP) is 3.18. The number of rotatable bonds is 8. The molecule has 1 aliphatic rings. The lowest BCUT2D eigenvalue weighted by molar-refractivity contribution is 0.124. The zero-order valence-corrected chi connectivity index (χ0v) is 14.2. The van der Waals surface area contributed by atoms with Gasteiger partial charge < -0.3 is 15.4 Å². The molecule has 1 aromatic rings. The van der Waals surface area contributed by atoms with E-state index in [0.717, 1.165) is 18.4 Å². The van der Waals surface area contributed by atoms with Crippen molar-refractivity contribution < 1.29 is 9.53 Å². The Morgan fingerprint density at radius 3 is 2.73 bits per heavy atom. The largest absolute Gasteiger partial charge is 0.445 e. The molecule has 5 heteroatoms. The van der Waals surface area contributed by atoms with Gasteiger partial charge in [0.25, 0.3) is 0 Å². The van der Waals surface area contributed by atoms with Crippen molar-refractivity contribution in [3.63, 3.8) is 0 Å². The molecule has 2 rings (SSSR count). The molecule has 0 aliphatic heterocycles. The molecule has 1 unspecified atom stereocenters.